The van der Waals surface area contributed by atoms with Gasteiger partial charge in [-0.1, -0.05) is 0 Å². The van der Waals surface area contributed by atoms with Gasteiger partial charge in [-0.2, -0.15) is 0 Å². The van der Waals surface area contributed by atoms with Crippen molar-refractivity contribution in [2.24, 2.45) is 0 Å². The number of benzene rings is 1. The van der Waals surface area contributed by atoms with Crippen LogP contribution in [0.1, 0.15) is 35.8 Å². The zero-order valence-electron chi connectivity index (χ0n) is 15.9. The van der Waals surface area contributed by atoms with E-state index in [0.29, 0.717) is 27.0 Å². The molecule has 0 aliphatic carbocycles. The Morgan fingerprint density at radius 2 is 2.00 bits per heavy atom. The summed E-state index contributed by atoms with van der Waals surface area (Å²) in [4.78, 5) is 21.0. The van der Waals surface area contributed by atoms with Crippen molar-refractivity contribution in [3.63, 3.8) is 0 Å². The number of nitrogens with one attached hydrogen (secondary N) is 2. The molecule has 3 aromatic rings. The van der Waals surface area contributed by atoms with Crippen molar-refractivity contribution in [3.05, 3.63) is 46.1 Å². The summed E-state index contributed by atoms with van der Waals surface area (Å²) >= 11 is 3.32. The highest BCUT2D eigenvalue weighted by Gasteiger charge is 2.18. The molecule has 0 fully saturated rings. The molecule has 0 saturated carbocycles. The highest BCUT2D eigenvalue weighted by molar-refractivity contribution is 9.10. The first-order chi connectivity index (χ1) is 13.7. The molecule has 154 valence electrons. The molecule has 6 nitrogen and oxygen atoms in total. The summed E-state index contributed by atoms with van der Waals surface area (Å²) in [5.41, 5.74) is 1.76. The molecule has 0 spiro atoms. The zero-order valence-corrected chi connectivity index (χ0v) is 17.5. The van der Waals surface area contributed by atoms with Gasteiger partial charge in [0, 0.05) is 11.6 Å². The fraction of sp³-hybridized carbons (Fsp3) is 0.316. The Morgan fingerprint density at radius 3 is 2.66 bits per heavy atom. The number of pyridine rings is 1. The first kappa shape index (κ1) is 21.1. The quantitative estimate of drug-likeness (QED) is 0.500. The maximum absolute atomic E-state index is 14.6. The molecule has 1 amide bonds. The highest BCUT2D eigenvalue weighted by Crippen LogP contribution is 2.31. The van der Waals surface area contributed by atoms with Crippen LogP contribution in [0.5, 0.6) is 0 Å². The molecule has 0 saturated heterocycles. The highest BCUT2D eigenvalue weighted by atomic mass is 79.9. The number of carbonyl (C=O) groups is 1. The molecule has 2 aromatic heterocycles. The number of carbonyl (C=O) groups excluding carboxylic acids is 1. The second-order valence-corrected chi connectivity index (χ2v) is 7.59. The number of halogens is 4. The molecule has 0 aliphatic heterocycles. The molecule has 0 bridgehead atoms. The number of hydrogen-bond acceptors (Lipinski definition) is 4. The third kappa shape index (κ3) is 4.52. The van der Waals surface area contributed by atoms with E-state index in [-0.39, 0.29) is 17.3 Å². The molecule has 3 rings (SSSR count). The van der Waals surface area contributed by atoms with Gasteiger partial charge in [-0.25, -0.2) is 23.1 Å². The smallest absolute Gasteiger partial charge is 0.255 e. The first-order valence-electron chi connectivity index (χ1n) is 8.84. The van der Waals surface area contributed by atoms with Gasteiger partial charge in [0.2, 0.25) is 0 Å². The van der Waals surface area contributed by atoms with Gasteiger partial charge < -0.3 is 15.2 Å². The van der Waals surface area contributed by atoms with Crippen LogP contribution < -0.4 is 10.6 Å². The summed E-state index contributed by atoms with van der Waals surface area (Å²) < 4.78 is 41.8. The minimum absolute atomic E-state index is 0.00111. The van der Waals surface area contributed by atoms with E-state index in [2.05, 4.69) is 36.5 Å². The fourth-order valence-electron chi connectivity index (χ4n) is 2.91. The SMILES string of the molecule is Cc1cc(F)c(Nc2nc(Br)cc3ncn(C(C)C)c23)cc1C(=O)NCC(F)F. The number of rotatable bonds is 6. The summed E-state index contributed by atoms with van der Waals surface area (Å²) in [6.45, 7) is 4.71. The van der Waals surface area contributed by atoms with Crippen molar-refractivity contribution in [1.82, 2.24) is 19.9 Å². The molecular weight excluding hydrogens is 451 g/mol. The van der Waals surface area contributed by atoms with Gasteiger partial charge in [0.05, 0.1) is 24.1 Å². The molecular formula is C19H19BrF3N5O. The van der Waals surface area contributed by atoms with Gasteiger partial charge in [-0.15, -0.1) is 0 Å². The second-order valence-electron chi connectivity index (χ2n) is 6.78. The Bertz CT molecular complexity index is 1070. The van der Waals surface area contributed by atoms with Crippen LogP contribution in [0, 0.1) is 12.7 Å². The Kier molecular flexibility index (Phi) is 6.11. The van der Waals surface area contributed by atoms with Gasteiger partial charge in [0.25, 0.3) is 12.3 Å². The van der Waals surface area contributed by atoms with Gasteiger partial charge in [-0.05, 0) is 60.5 Å². The van der Waals surface area contributed by atoms with Crippen LogP contribution in [0.4, 0.5) is 24.7 Å². The minimum atomic E-state index is -2.67. The van der Waals surface area contributed by atoms with Crippen molar-refractivity contribution in [2.45, 2.75) is 33.2 Å². The average Bonchev–Trinajstić information content (AvgIpc) is 3.06. The van der Waals surface area contributed by atoms with Crippen LogP contribution >= 0.6 is 15.9 Å². The van der Waals surface area contributed by atoms with Crippen molar-refractivity contribution in [2.75, 3.05) is 11.9 Å². The second kappa shape index (κ2) is 8.40. The van der Waals surface area contributed by atoms with Crippen molar-refractivity contribution >= 4 is 44.4 Å². The minimum Gasteiger partial charge on any atom is -0.346 e. The summed E-state index contributed by atoms with van der Waals surface area (Å²) in [7, 11) is 0. The third-order valence-electron chi connectivity index (χ3n) is 4.31. The predicted octanol–water partition coefficient (Wildman–Crippen LogP) is 4.96. The number of aromatic nitrogens is 3. The predicted molar refractivity (Wildman–Crippen MR) is 108 cm³/mol. The Labute approximate surface area is 173 Å². The van der Waals surface area contributed by atoms with Gasteiger partial charge >= 0.3 is 0 Å². The number of fused-ring (bicyclic) bond motifs is 1. The van der Waals surface area contributed by atoms with E-state index >= 15 is 0 Å². The molecule has 0 atom stereocenters. The van der Waals surface area contributed by atoms with E-state index in [1.165, 1.54) is 19.1 Å². The molecule has 1 aromatic carbocycles. The Balaban J connectivity index is 2.03. The van der Waals surface area contributed by atoms with E-state index < -0.39 is 24.7 Å². The Morgan fingerprint density at radius 1 is 1.28 bits per heavy atom. The molecule has 0 aliphatic rings. The monoisotopic (exact) mass is 469 g/mol. The van der Waals surface area contributed by atoms with E-state index in [9.17, 15) is 18.0 Å². The van der Waals surface area contributed by atoms with Crippen LogP contribution in [-0.2, 0) is 0 Å². The van der Waals surface area contributed by atoms with Crippen molar-refractivity contribution in [1.29, 1.82) is 0 Å². The van der Waals surface area contributed by atoms with Crippen molar-refractivity contribution < 1.29 is 18.0 Å². The molecule has 2 N–H and O–H groups in total. The lowest BCUT2D eigenvalue weighted by atomic mass is 10.1. The summed E-state index contributed by atoms with van der Waals surface area (Å²) in [5.74, 6) is -0.953. The van der Waals surface area contributed by atoms with E-state index in [1.807, 2.05) is 18.4 Å². The number of aryl methyl sites for hydroxylation is 1. The van der Waals surface area contributed by atoms with E-state index in [0.717, 1.165) is 0 Å². The lowest BCUT2D eigenvalue weighted by Gasteiger charge is -2.15. The molecule has 29 heavy (non-hydrogen) atoms. The lowest BCUT2D eigenvalue weighted by Crippen LogP contribution is -2.29. The zero-order chi connectivity index (χ0) is 21.3. The molecule has 0 radical (unpaired) electrons. The lowest BCUT2D eigenvalue weighted by molar-refractivity contribution is 0.0891. The normalized spacial score (nSPS) is 11.5. The van der Waals surface area contributed by atoms with Crippen LogP contribution in [0.25, 0.3) is 11.0 Å². The number of alkyl halides is 2. The number of hydrogen-bond donors (Lipinski definition) is 2. The van der Waals surface area contributed by atoms with Crippen LogP contribution in [0.15, 0.2) is 29.1 Å². The average molecular weight is 470 g/mol. The standard InChI is InChI=1S/C19H19BrF3N5O/c1-9(2)28-8-25-14-6-15(20)27-18(17(14)28)26-13-5-11(10(3)4-12(13)21)19(29)24-7-16(22)23/h4-6,8-9,16H,7H2,1-3H3,(H,24,29)(H,26,27). The maximum atomic E-state index is 14.6. The van der Waals surface area contributed by atoms with Gasteiger partial charge in [-0.3, -0.25) is 4.79 Å². The molecule has 10 heteroatoms. The Hall–Kier alpha value is -2.62. The third-order valence-corrected chi connectivity index (χ3v) is 4.71. The summed E-state index contributed by atoms with van der Waals surface area (Å²) in [5, 5.41) is 5.05. The first-order valence-corrected chi connectivity index (χ1v) is 9.63. The van der Waals surface area contributed by atoms with Gasteiger partial charge in [0.15, 0.2) is 5.82 Å². The summed E-state index contributed by atoms with van der Waals surface area (Å²) in [6, 6.07) is 4.29. The fourth-order valence-corrected chi connectivity index (χ4v) is 3.31. The van der Waals surface area contributed by atoms with E-state index in [4.69, 9.17) is 0 Å². The maximum Gasteiger partial charge on any atom is 0.255 e. The molecule has 0 unspecified atom stereocenters. The van der Waals surface area contributed by atoms with Crippen LogP contribution in [0.2, 0.25) is 0 Å². The summed E-state index contributed by atoms with van der Waals surface area (Å²) in [6.07, 6.45) is -1.00. The largest absolute Gasteiger partial charge is 0.346 e. The van der Waals surface area contributed by atoms with E-state index in [1.54, 1.807) is 12.4 Å². The van der Waals surface area contributed by atoms with Gasteiger partial charge in [0.1, 0.15) is 15.9 Å². The number of anilines is 2. The molecule has 2 heterocycles. The number of imidazole rings is 1. The number of amides is 1. The van der Waals surface area contributed by atoms with Crippen molar-refractivity contribution in [3.8, 4) is 0 Å². The topological polar surface area (TPSA) is 71.8 Å². The number of nitrogens with zero attached hydrogens (tertiary/aromatic N) is 3. The van der Waals surface area contributed by atoms with Crippen LogP contribution in [0.3, 0.4) is 0 Å². The van der Waals surface area contributed by atoms with Crippen LogP contribution in [-0.4, -0.2) is 33.4 Å².